The van der Waals surface area contributed by atoms with Gasteiger partial charge in [0, 0.05) is 29.1 Å². The summed E-state index contributed by atoms with van der Waals surface area (Å²) in [5, 5.41) is 1.19. The molecule has 6 heteroatoms. The van der Waals surface area contributed by atoms with E-state index in [-0.39, 0.29) is 17.9 Å². The number of rotatable bonds is 4. The Morgan fingerprint density at radius 3 is 2.42 bits per heavy atom. The van der Waals surface area contributed by atoms with Gasteiger partial charge in [0.25, 0.3) is 5.91 Å². The molecule has 3 heterocycles. The van der Waals surface area contributed by atoms with Gasteiger partial charge in [-0.1, -0.05) is 36.4 Å². The second-order valence-electron chi connectivity index (χ2n) is 8.45. The van der Waals surface area contributed by atoms with Crippen molar-refractivity contribution >= 4 is 16.8 Å². The summed E-state index contributed by atoms with van der Waals surface area (Å²) >= 11 is 0. The van der Waals surface area contributed by atoms with Gasteiger partial charge in [-0.3, -0.25) is 4.79 Å². The lowest BCUT2D eigenvalue weighted by molar-refractivity contribution is 0.0725. The molecule has 0 saturated carbocycles. The van der Waals surface area contributed by atoms with E-state index in [0.717, 1.165) is 28.1 Å². The number of aromatic amines is 1. The van der Waals surface area contributed by atoms with E-state index in [9.17, 15) is 4.79 Å². The summed E-state index contributed by atoms with van der Waals surface area (Å²) in [7, 11) is 4.84. The highest BCUT2D eigenvalue weighted by molar-refractivity contribution is 6.04. The summed E-state index contributed by atoms with van der Waals surface area (Å²) in [4.78, 5) is 19.3. The summed E-state index contributed by atoms with van der Waals surface area (Å²) in [5.74, 6) is 1.87. The standard InChI is InChI=1S/C27H24N2O4/c1-31-16-10-8-15(9-11-16)19-14-29-25(24-22(19)17-6-4-5-7-20(17)28-24)18-12-13-21(32-2)26(33-3)23(18)27(29)30/h4-13,19,25,28H,14H2,1-3H3/t19-,25-/m0/s1. The molecule has 2 aliphatic heterocycles. The third kappa shape index (κ3) is 2.70. The molecule has 3 aromatic carbocycles. The lowest BCUT2D eigenvalue weighted by atomic mass is 9.83. The monoisotopic (exact) mass is 440 g/mol. The lowest BCUT2D eigenvalue weighted by Crippen LogP contribution is -2.37. The third-order valence-corrected chi connectivity index (χ3v) is 6.95. The topological polar surface area (TPSA) is 63.8 Å². The van der Waals surface area contributed by atoms with Crippen LogP contribution in [0.4, 0.5) is 0 Å². The molecule has 0 fully saturated rings. The van der Waals surface area contributed by atoms with Crippen molar-refractivity contribution in [1.82, 2.24) is 9.88 Å². The first-order chi connectivity index (χ1) is 16.2. The number of benzene rings is 3. The van der Waals surface area contributed by atoms with Gasteiger partial charge in [-0.15, -0.1) is 0 Å². The molecule has 0 aliphatic carbocycles. The first kappa shape index (κ1) is 19.7. The number of nitrogens with zero attached hydrogens (tertiary/aromatic N) is 1. The molecule has 1 amide bonds. The summed E-state index contributed by atoms with van der Waals surface area (Å²) in [6.45, 7) is 0.574. The van der Waals surface area contributed by atoms with Gasteiger partial charge >= 0.3 is 0 Å². The van der Waals surface area contributed by atoms with E-state index >= 15 is 0 Å². The Hall–Kier alpha value is -3.93. The molecule has 6 rings (SSSR count). The van der Waals surface area contributed by atoms with Gasteiger partial charge in [0.2, 0.25) is 0 Å². The number of carbonyl (C=O) groups excluding carboxylic acids is 1. The van der Waals surface area contributed by atoms with Crippen LogP contribution in [0.2, 0.25) is 0 Å². The number of nitrogens with one attached hydrogen (secondary N) is 1. The molecule has 0 saturated heterocycles. The minimum atomic E-state index is -0.191. The van der Waals surface area contributed by atoms with Crippen LogP contribution < -0.4 is 14.2 Å². The average Bonchev–Trinajstić information content (AvgIpc) is 3.39. The van der Waals surface area contributed by atoms with Gasteiger partial charge in [-0.2, -0.15) is 0 Å². The van der Waals surface area contributed by atoms with Crippen molar-refractivity contribution in [1.29, 1.82) is 0 Å². The normalized spacial score (nSPS) is 18.6. The Bertz CT molecular complexity index is 1390. The number of para-hydroxylation sites is 1. The fourth-order valence-corrected chi connectivity index (χ4v) is 5.49. The molecule has 2 atom stereocenters. The van der Waals surface area contributed by atoms with E-state index in [0.29, 0.717) is 23.6 Å². The molecule has 166 valence electrons. The smallest absolute Gasteiger partial charge is 0.259 e. The highest BCUT2D eigenvalue weighted by atomic mass is 16.5. The maximum Gasteiger partial charge on any atom is 0.259 e. The largest absolute Gasteiger partial charge is 0.497 e. The zero-order valence-corrected chi connectivity index (χ0v) is 18.7. The second kappa shape index (κ2) is 7.30. The van der Waals surface area contributed by atoms with Crippen LogP contribution in [0.25, 0.3) is 10.9 Å². The molecule has 1 N–H and O–H groups in total. The van der Waals surface area contributed by atoms with Crippen molar-refractivity contribution in [3.8, 4) is 17.2 Å². The second-order valence-corrected chi connectivity index (χ2v) is 8.45. The molecule has 0 radical (unpaired) electrons. The molecule has 0 unspecified atom stereocenters. The van der Waals surface area contributed by atoms with E-state index in [1.165, 1.54) is 10.9 Å². The van der Waals surface area contributed by atoms with Gasteiger partial charge in [-0.25, -0.2) is 0 Å². The summed E-state index contributed by atoms with van der Waals surface area (Å²) in [6.07, 6.45) is 0. The number of hydrogen-bond donors (Lipinski definition) is 1. The number of hydrogen-bond acceptors (Lipinski definition) is 4. The van der Waals surface area contributed by atoms with Gasteiger partial charge in [0.15, 0.2) is 11.5 Å². The van der Waals surface area contributed by atoms with Crippen LogP contribution in [0.1, 0.15) is 44.7 Å². The number of aromatic nitrogens is 1. The lowest BCUT2D eigenvalue weighted by Gasteiger charge is -2.36. The Morgan fingerprint density at radius 1 is 0.909 bits per heavy atom. The predicted octanol–water partition coefficient (Wildman–Crippen LogP) is 4.88. The molecule has 0 spiro atoms. The Kier molecular flexibility index (Phi) is 4.37. The fourth-order valence-electron chi connectivity index (χ4n) is 5.49. The van der Waals surface area contributed by atoms with Crippen molar-refractivity contribution in [2.45, 2.75) is 12.0 Å². The molecule has 4 aromatic rings. The molecule has 33 heavy (non-hydrogen) atoms. The van der Waals surface area contributed by atoms with Crippen LogP contribution in [0, 0.1) is 0 Å². The number of fused-ring (bicyclic) bond motifs is 7. The quantitative estimate of drug-likeness (QED) is 0.491. The molecule has 1 aromatic heterocycles. The van der Waals surface area contributed by atoms with Gasteiger partial charge in [0.1, 0.15) is 5.75 Å². The Labute approximate surface area is 191 Å². The van der Waals surface area contributed by atoms with E-state index < -0.39 is 0 Å². The minimum absolute atomic E-state index is 0.0319. The predicted molar refractivity (Wildman–Crippen MR) is 126 cm³/mol. The zero-order valence-electron chi connectivity index (χ0n) is 18.7. The zero-order chi connectivity index (χ0) is 22.7. The van der Waals surface area contributed by atoms with Crippen LogP contribution >= 0.6 is 0 Å². The SMILES string of the molecule is COc1ccc([C@@H]2CN3C(=O)c4c(ccc(OC)c4OC)[C@H]3c3[nH]c4ccccc4c32)cc1. The highest BCUT2D eigenvalue weighted by Gasteiger charge is 2.47. The van der Waals surface area contributed by atoms with Crippen molar-refractivity contribution in [2.75, 3.05) is 27.9 Å². The van der Waals surface area contributed by atoms with E-state index in [1.807, 2.05) is 35.2 Å². The highest BCUT2D eigenvalue weighted by Crippen LogP contribution is 2.52. The van der Waals surface area contributed by atoms with E-state index in [1.54, 1.807) is 21.3 Å². The Morgan fingerprint density at radius 2 is 1.70 bits per heavy atom. The summed E-state index contributed by atoms with van der Waals surface area (Å²) in [6, 6.07) is 20.2. The van der Waals surface area contributed by atoms with Crippen molar-refractivity contribution in [3.05, 3.63) is 88.6 Å². The van der Waals surface area contributed by atoms with E-state index in [4.69, 9.17) is 14.2 Å². The molecule has 6 nitrogen and oxygen atoms in total. The van der Waals surface area contributed by atoms with Crippen molar-refractivity contribution in [2.24, 2.45) is 0 Å². The fraction of sp³-hybridized carbons (Fsp3) is 0.222. The summed E-state index contributed by atoms with van der Waals surface area (Å²) < 4.78 is 16.5. The number of ether oxygens (including phenoxy) is 3. The van der Waals surface area contributed by atoms with Gasteiger partial charge in [-0.05, 0) is 41.0 Å². The maximum absolute atomic E-state index is 13.7. The van der Waals surface area contributed by atoms with Crippen molar-refractivity contribution in [3.63, 3.8) is 0 Å². The molecule has 0 bridgehead atoms. The third-order valence-electron chi connectivity index (χ3n) is 6.95. The first-order valence-electron chi connectivity index (χ1n) is 11.0. The van der Waals surface area contributed by atoms with Crippen LogP contribution in [-0.2, 0) is 0 Å². The molecular weight excluding hydrogens is 416 g/mol. The van der Waals surface area contributed by atoms with Crippen LogP contribution in [-0.4, -0.2) is 43.7 Å². The summed E-state index contributed by atoms with van der Waals surface area (Å²) in [5.41, 5.74) is 6.05. The number of amides is 1. The van der Waals surface area contributed by atoms with Crippen molar-refractivity contribution < 1.29 is 19.0 Å². The van der Waals surface area contributed by atoms with Crippen LogP contribution in [0.15, 0.2) is 60.7 Å². The average molecular weight is 440 g/mol. The number of carbonyl (C=O) groups is 1. The minimum Gasteiger partial charge on any atom is -0.497 e. The van der Waals surface area contributed by atoms with Gasteiger partial charge in [0.05, 0.1) is 32.9 Å². The number of methoxy groups -OCH3 is 3. The molecule has 2 aliphatic rings. The van der Waals surface area contributed by atoms with Crippen LogP contribution in [0.3, 0.4) is 0 Å². The number of H-pyrrole nitrogens is 1. The van der Waals surface area contributed by atoms with E-state index in [2.05, 4.69) is 35.3 Å². The first-order valence-corrected chi connectivity index (χ1v) is 11.0. The molecular formula is C27H24N2O4. The maximum atomic E-state index is 13.7. The van der Waals surface area contributed by atoms with Gasteiger partial charge < -0.3 is 24.1 Å². The Balaban J connectivity index is 1.59. The van der Waals surface area contributed by atoms with Crippen LogP contribution in [0.5, 0.6) is 17.2 Å².